The van der Waals surface area contributed by atoms with Gasteiger partial charge in [-0.15, -0.1) is 0 Å². The number of nitrogens with one attached hydrogen (secondary N) is 1. The van der Waals surface area contributed by atoms with Crippen molar-refractivity contribution < 1.29 is 13.2 Å². The van der Waals surface area contributed by atoms with Crippen LogP contribution in [0.2, 0.25) is 0 Å². The van der Waals surface area contributed by atoms with Crippen molar-refractivity contribution in [2.75, 3.05) is 13.1 Å². The van der Waals surface area contributed by atoms with E-state index in [1.807, 2.05) is 13.8 Å². The maximum atomic E-state index is 11.8. The summed E-state index contributed by atoms with van der Waals surface area (Å²) in [5.74, 6) is 0. The fourth-order valence-electron chi connectivity index (χ4n) is 1.45. The summed E-state index contributed by atoms with van der Waals surface area (Å²) in [7, 11) is 0. The van der Waals surface area contributed by atoms with Crippen LogP contribution in [0.25, 0.3) is 0 Å². The Morgan fingerprint density at radius 3 is 2.27 bits per heavy atom. The normalized spacial score (nSPS) is 16.4. The van der Waals surface area contributed by atoms with Gasteiger partial charge >= 0.3 is 6.18 Å². The minimum absolute atomic E-state index is 0.117. The fraction of sp³-hybridized carbons (Fsp3) is 1.00. The molecular weight excluding hydrogens is 205 g/mol. The highest BCUT2D eigenvalue weighted by atomic mass is 19.4. The Morgan fingerprint density at radius 1 is 1.20 bits per heavy atom. The summed E-state index contributed by atoms with van der Waals surface area (Å²) < 4.78 is 35.4. The topological polar surface area (TPSA) is 38.0 Å². The van der Waals surface area contributed by atoms with E-state index in [0.717, 1.165) is 12.8 Å². The van der Waals surface area contributed by atoms with Gasteiger partial charge in [0.25, 0.3) is 0 Å². The van der Waals surface area contributed by atoms with Crippen molar-refractivity contribution >= 4 is 0 Å². The van der Waals surface area contributed by atoms with Gasteiger partial charge in [-0.25, -0.2) is 0 Å². The van der Waals surface area contributed by atoms with Crippen molar-refractivity contribution in [2.24, 2.45) is 5.73 Å². The summed E-state index contributed by atoms with van der Waals surface area (Å²) >= 11 is 0. The Balaban J connectivity index is 3.46. The molecule has 2 nitrogen and oxygen atoms in total. The van der Waals surface area contributed by atoms with Crippen molar-refractivity contribution in [3.63, 3.8) is 0 Å². The van der Waals surface area contributed by atoms with Gasteiger partial charge in [-0.3, -0.25) is 0 Å². The second-order valence-corrected chi connectivity index (χ2v) is 4.30. The van der Waals surface area contributed by atoms with E-state index in [0.29, 0.717) is 13.1 Å². The van der Waals surface area contributed by atoms with Crippen LogP contribution < -0.4 is 11.1 Å². The summed E-state index contributed by atoms with van der Waals surface area (Å²) in [6.07, 6.45) is -2.80. The fourth-order valence-corrected chi connectivity index (χ4v) is 1.45. The van der Waals surface area contributed by atoms with Crippen LogP contribution in [0.1, 0.15) is 39.5 Å². The molecule has 1 unspecified atom stereocenters. The lowest BCUT2D eigenvalue weighted by atomic mass is 9.98. The molecule has 0 aliphatic carbocycles. The number of hydrogen-bond acceptors (Lipinski definition) is 2. The SMILES string of the molecule is CCCC(C)(N)CNCCCC(F)(F)F. The lowest BCUT2D eigenvalue weighted by molar-refractivity contribution is -0.135. The summed E-state index contributed by atoms with van der Waals surface area (Å²) in [4.78, 5) is 0. The van der Waals surface area contributed by atoms with Crippen molar-refractivity contribution in [3.05, 3.63) is 0 Å². The molecular formula is C10H21F3N2. The molecule has 3 N–H and O–H groups in total. The van der Waals surface area contributed by atoms with Crippen molar-refractivity contribution in [3.8, 4) is 0 Å². The zero-order valence-corrected chi connectivity index (χ0v) is 9.45. The Hall–Kier alpha value is -0.290. The third-order valence-electron chi connectivity index (χ3n) is 2.16. The highest BCUT2D eigenvalue weighted by Gasteiger charge is 2.26. The summed E-state index contributed by atoms with van der Waals surface area (Å²) in [5, 5.41) is 2.96. The zero-order chi connectivity index (χ0) is 11.9. The van der Waals surface area contributed by atoms with Gasteiger partial charge in [0.15, 0.2) is 0 Å². The first kappa shape index (κ1) is 14.7. The van der Waals surface area contributed by atoms with E-state index in [1.165, 1.54) is 0 Å². The van der Waals surface area contributed by atoms with E-state index in [-0.39, 0.29) is 12.0 Å². The van der Waals surface area contributed by atoms with Crippen LogP contribution in [0.3, 0.4) is 0 Å². The van der Waals surface area contributed by atoms with Gasteiger partial charge in [0.2, 0.25) is 0 Å². The van der Waals surface area contributed by atoms with Crippen LogP contribution in [0.15, 0.2) is 0 Å². The molecule has 1 atom stereocenters. The molecule has 0 amide bonds. The number of rotatable bonds is 7. The Morgan fingerprint density at radius 2 is 1.80 bits per heavy atom. The molecule has 0 radical (unpaired) electrons. The molecule has 0 spiro atoms. The first-order valence-electron chi connectivity index (χ1n) is 5.33. The van der Waals surface area contributed by atoms with Crippen LogP contribution in [-0.2, 0) is 0 Å². The van der Waals surface area contributed by atoms with Crippen molar-refractivity contribution in [1.29, 1.82) is 0 Å². The van der Waals surface area contributed by atoms with E-state index >= 15 is 0 Å². The number of alkyl halides is 3. The summed E-state index contributed by atoms with van der Waals surface area (Å²) in [5.41, 5.74) is 5.60. The Labute approximate surface area is 89.4 Å². The van der Waals surface area contributed by atoms with Gasteiger partial charge in [0, 0.05) is 18.5 Å². The molecule has 0 heterocycles. The molecule has 0 aromatic heterocycles. The minimum atomic E-state index is -4.04. The van der Waals surface area contributed by atoms with Gasteiger partial charge in [-0.1, -0.05) is 13.3 Å². The maximum Gasteiger partial charge on any atom is 0.389 e. The largest absolute Gasteiger partial charge is 0.389 e. The average molecular weight is 226 g/mol. The zero-order valence-electron chi connectivity index (χ0n) is 9.45. The van der Waals surface area contributed by atoms with Crippen LogP contribution in [0, 0.1) is 0 Å². The van der Waals surface area contributed by atoms with Crippen molar-refractivity contribution in [2.45, 2.75) is 51.2 Å². The van der Waals surface area contributed by atoms with E-state index < -0.39 is 12.6 Å². The second kappa shape index (κ2) is 6.33. The quantitative estimate of drug-likeness (QED) is 0.654. The molecule has 0 fully saturated rings. The first-order chi connectivity index (χ1) is 6.77. The van der Waals surface area contributed by atoms with Crippen LogP contribution >= 0.6 is 0 Å². The molecule has 0 bridgehead atoms. The van der Waals surface area contributed by atoms with E-state index in [2.05, 4.69) is 5.32 Å². The standard InChI is InChI=1S/C10H21F3N2/c1-3-5-9(2,14)8-15-7-4-6-10(11,12)13/h15H,3-8,14H2,1-2H3. The highest BCUT2D eigenvalue weighted by Crippen LogP contribution is 2.20. The van der Waals surface area contributed by atoms with Gasteiger partial charge in [0.05, 0.1) is 0 Å². The predicted molar refractivity (Wildman–Crippen MR) is 55.7 cm³/mol. The summed E-state index contributed by atoms with van der Waals surface area (Å²) in [6.45, 7) is 4.89. The smallest absolute Gasteiger partial charge is 0.324 e. The molecule has 5 heteroatoms. The molecule has 0 saturated carbocycles. The predicted octanol–water partition coefficient (Wildman–Crippen LogP) is 2.44. The third kappa shape index (κ3) is 10.0. The van der Waals surface area contributed by atoms with Gasteiger partial charge in [-0.2, -0.15) is 13.2 Å². The molecule has 15 heavy (non-hydrogen) atoms. The number of nitrogens with two attached hydrogens (primary N) is 1. The molecule has 0 aliphatic heterocycles. The minimum Gasteiger partial charge on any atom is -0.324 e. The average Bonchev–Trinajstić information content (AvgIpc) is 2.00. The Bertz CT molecular complexity index is 167. The number of hydrogen-bond donors (Lipinski definition) is 2. The molecule has 0 aliphatic rings. The van der Waals surface area contributed by atoms with Crippen molar-refractivity contribution in [1.82, 2.24) is 5.32 Å². The lowest BCUT2D eigenvalue weighted by Crippen LogP contribution is -2.46. The van der Waals surface area contributed by atoms with Gasteiger partial charge < -0.3 is 11.1 Å². The van der Waals surface area contributed by atoms with E-state index in [9.17, 15) is 13.2 Å². The van der Waals surface area contributed by atoms with E-state index in [4.69, 9.17) is 5.73 Å². The monoisotopic (exact) mass is 226 g/mol. The van der Waals surface area contributed by atoms with E-state index in [1.54, 1.807) is 0 Å². The summed E-state index contributed by atoms with van der Waals surface area (Å²) in [6, 6.07) is 0. The molecule has 0 rings (SSSR count). The lowest BCUT2D eigenvalue weighted by Gasteiger charge is -2.24. The van der Waals surface area contributed by atoms with Gasteiger partial charge in [-0.05, 0) is 26.3 Å². The van der Waals surface area contributed by atoms with Crippen LogP contribution in [-0.4, -0.2) is 24.8 Å². The molecule has 0 aromatic rings. The maximum absolute atomic E-state index is 11.8. The molecule has 92 valence electrons. The highest BCUT2D eigenvalue weighted by molar-refractivity contribution is 4.80. The van der Waals surface area contributed by atoms with Crippen LogP contribution in [0.5, 0.6) is 0 Å². The Kier molecular flexibility index (Phi) is 6.20. The molecule has 0 aromatic carbocycles. The van der Waals surface area contributed by atoms with Crippen LogP contribution in [0.4, 0.5) is 13.2 Å². The van der Waals surface area contributed by atoms with Gasteiger partial charge in [0.1, 0.15) is 0 Å². The first-order valence-corrected chi connectivity index (χ1v) is 5.33. The number of halogens is 3. The second-order valence-electron chi connectivity index (χ2n) is 4.30. The molecule has 0 saturated heterocycles. The third-order valence-corrected chi connectivity index (χ3v) is 2.16.